The van der Waals surface area contributed by atoms with Crippen molar-refractivity contribution in [3.63, 3.8) is 0 Å². The third kappa shape index (κ3) is 1.50. The third-order valence-corrected chi connectivity index (χ3v) is 2.72. The fraction of sp³-hybridized carbons (Fsp3) is 0.875. The third-order valence-electron chi connectivity index (χ3n) is 2.72. The normalized spacial score (nSPS) is 40.7. The first kappa shape index (κ1) is 10.7. The average molecular weight is 224 g/mol. The molecule has 2 rings (SSSR count). The summed E-state index contributed by atoms with van der Waals surface area (Å²) in [5, 5.41) is 11.7. The zero-order valence-electron chi connectivity index (χ0n) is 8.01. The fourth-order valence-corrected chi connectivity index (χ4v) is 1.99. The SMILES string of the molecule is CC1=NC2OCCC2C(O)(C(F)(F)F)N1. The Hall–Kier alpha value is -0.820. The molecule has 2 aliphatic heterocycles. The van der Waals surface area contributed by atoms with Crippen molar-refractivity contribution < 1.29 is 23.0 Å². The second kappa shape index (κ2) is 3.08. The van der Waals surface area contributed by atoms with Crippen molar-refractivity contribution in [2.24, 2.45) is 10.9 Å². The van der Waals surface area contributed by atoms with Gasteiger partial charge in [0, 0.05) is 6.61 Å². The lowest BCUT2D eigenvalue weighted by Crippen LogP contribution is -2.66. The molecule has 0 bridgehead atoms. The predicted octanol–water partition coefficient (Wildman–Crippen LogP) is 0.621. The molecule has 0 saturated carbocycles. The zero-order valence-corrected chi connectivity index (χ0v) is 8.01. The Balaban J connectivity index is 2.37. The highest BCUT2D eigenvalue weighted by atomic mass is 19.4. The number of rotatable bonds is 0. The van der Waals surface area contributed by atoms with Crippen LogP contribution in [0.4, 0.5) is 13.2 Å². The van der Waals surface area contributed by atoms with Gasteiger partial charge in [-0.05, 0) is 13.3 Å². The number of aliphatic hydroxyl groups is 1. The highest BCUT2D eigenvalue weighted by Crippen LogP contribution is 2.42. The first-order valence-electron chi connectivity index (χ1n) is 4.58. The number of aliphatic imine (C=N–C) groups is 1. The van der Waals surface area contributed by atoms with Crippen LogP contribution >= 0.6 is 0 Å². The van der Waals surface area contributed by atoms with Crippen LogP contribution in [0.3, 0.4) is 0 Å². The zero-order chi connectivity index (χ0) is 11.3. The van der Waals surface area contributed by atoms with E-state index >= 15 is 0 Å². The first-order chi connectivity index (χ1) is 6.84. The van der Waals surface area contributed by atoms with E-state index in [9.17, 15) is 18.3 Å². The van der Waals surface area contributed by atoms with E-state index < -0.39 is 24.0 Å². The molecule has 0 aromatic rings. The van der Waals surface area contributed by atoms with E-state index in [-0.39, 0.29) is 18.9 Å². The number of alkyl halides is 3. The molecule has 0 aromatic heterocycles. The van der Waals surface area contributed by atoms with Crippen LogP contribution in [0.5, 0.6) is 0 Å². The molecule has 0 aliphatic carbocycles. The van der Waals surface area contributed by atoms with Gasteiger partial charge in [-0.1, -0.05) is 0 Å². The molecule has 3 atom stereocenters. The van der Waals surface area contributed by atoms with Crippen molar-refractivity contribution in [1.29, 1.82) is 0 Å². The molecule has 7 heteroatoms. The van der Waals surface area contributed by atoms with Crippen LogP contribution in [0, 0.1) is 5.92 Å². The molecule has 0 spiro atoms. The molecular formula is C8H11F3N2O2. The summed E-state index contributed by atoms with van der Waals surface area (Å²) in [5.74, 6) is -1.03. The molecule has 86 valence electrons. The van der Waals surface area contributed by atoms with Gasteiger partial charge < -0.3 is 15.2 Å². The van der Waals surface area contributed by atoms with E-state index in [0.717, 1.165) is 0 Å². The quantitative estimate of drug-likeness (QED) is 0.634. The van der Waals surface area contributed by atoms with Crippen molar-refractivity contribution in [1.82, 2.24) is 5.32 Å². The Labute approximate surface area is 84.1 Å². The van der Waals surface area contributed by atoms with Gasteiger partial charge in [-0.3, -0.25) is 0 Å². The lowest BCUT2D eigenvalue weighted by Gasteiger charge is -2.40. The summed E-state index contributed by atoms with van der Waals surface area (Å²) in [7, 11) is 0. The Morgan fingerprint density at radius 2 is 2.27 bits per heavy atom. The molecule has 3 unspecified atom stereocenters. The van der Waals surface area contributed by atoms with Gasteiger partial charge in [-0.15, -0.1) is 0 Å². The largest absolute Gasteiger partial charge is 0.436 e. The van der Waals surface area contributed by atoms with Gasteiger partial charge in [0.15, 0.2) is 6.23 Å². The first-order valence-corrected chi connectivity index (χ1v) is 4.58. The minimum absolute atomic E-state index is 0.0398. The second-order valence-electron chi connectivity index (χ2n) is 3.76. The summed E-state index contributed by atoms with van der Waals surface area (Å²) in [6.07, 6.45) is -5.48. The second-order valence-corrected chi connectivity index (χ2v) is 3.76. The Bertz CT molecular complexity index is 305. The van der Waals surface area contributed by atoms with Gasteiger partial charge >= 0.3 is 6.18 Å². The fourth-order valence-electron chi connectivity index (χ4n) is 1.99. The average Bonchev–Trinajstić information content (AvgIpc) is 2.49. The van der Waals surface area contributed by atoms with Gasteiger partial charge in [0.05, 0.1) is 11.8 Å². The van der Waals surface area contributed by atoms with Crippen LogP contribution in [0.15, 0.2) is 4.99 Å². The number of nitrogens with one attached hydrogen (secondary N) is 1. The van der Waals surface area contributed by atoms with E-state index in [2.05, 4.69) is 4.99 Å². The van der Waals surface area contributed by atoms with Gasteiger partial charge in [0.2, 0.25) is 5.72 Å². The van der Waals surface area contributed by atoms with Crippen LogP contribution in [0.1, 0.15) is 13.3 Å². The number of nitrogens with zero attached hydrogens (tertiary/aromatic N) is 1. The minimum atomic E-state index is -4.74. The Kier molecular flexibility index (Phi) is 2.20. The molecule has 1 fully saturated rings. The number of hydrogen-bond acceptors (Lipinski definition) is 4. The molecule has 2 N–H and O–H groups in total. The maximum Gasteiger partial charge on any atom is 0.436 e. The minimum Gasteiger partial charge on any atom is -0.363 e. The van der Waals surface area contributed by atoms with Crippen LogP contribution in [-0.4, -0.2) is 35.7 Å². The van der Waals surface area contributed by atoms with Crippen molar-refractivity contribution in [2.45, 2.75) is 31.5 Å². The van der Waals surface area contributed by atoms with E-state index in [1.165, 1.54) is 6.92 Å². The van der Waals surface area contributed by atoms with Gasteiger partial charge in [0.25, 0.3) is 0 Å². The van der Waals surface area contributed by atoms with Crippen molar-refractivity contribution >= 4 is 5.84 Å². The number of fused-ring (bicyclic) bond motifs is 1. The molecular weight excluding hydrogens is 213 g/mol. The van der Waals surface area contributed by atoms with Crippen molar-refractivity contribution in [3.8, 4) is 0 Å². The van der Waals surface area contributed by atoms with Gasteiger partial charge in [-0.25, -0.2) is 4.99 Å². The van der Waals surface area contributed by atoms with Crippen LogP contribution in [0.2, 0.25) is 0 Å². The molecule has 2 heterocycles. The standard InChI is InChI=1S/C8H11F3N2O2/c1-4-12-6-5(2-3-15-6)7(14,13-4)8(9,10)11/h5-6,14H,2-3H2,1H3,(H,12,13). The van der Waals surface area contributed by atoms with E-state index in [4.69, 9.17) is 4.74 Å². The predicted molar refractivity (Wildman–Crippen MR) is 45.1 cm³/mol. The lowest BCUT2D eigenvalue weighted by molar-refractivity contribution is -0.292. The molecule has 0 radical (unpaired) electrons. The van der Waals surface area contributed by atoms with Crippen LogP contribution in [0.25, 0.3) is 0 Å². The molecule has 2 aliphatic rings. The maximum atomic E-state index is 12.7. The van der Waals surface area contributed by atoms with Crippen LogP contribution in [-0.2, 0) is 4.74 Å². The van der Waals surface area contributed by atoms with E-state index in [1.54, 1.807) is 0 Å². The number of amidine groups is 1. The monoisotopic (exact) mass is 224 g/mol. The molecule has 1 saturated heterocycles. The molecule has 15 heavy (non-hydrogen) atoms. The van der Waals surface area contributed by atoms with Crippen molar-refractivity contribution in [3.05, 3.63) is 0 Å². The topological polar surface area (TPSA) is 53.9 Å². The summed E-state index contributed by atoms with van der Waals surface area (Å²) < 4.78 is 43.2. The van der Waals surface area contributed by atoms with E-state index in [0.29, 0.717) is 0 Å². The Morgan fingerprint density at radius 1 is 1.60 bits per heavy atom. The molecule has 4 nitrogen and oxygen atoms in total. The Morgan fingerprint density at radius 3 is 2.87 bits per heavy atom. The van der Waals surface area contributed by atoms with Gasteiger partial charge in [0.1, 0.15) is 0 Å². The summed E-state index contributed by atoms with van der Waals surface area (Å²) in [5.41, 5.74) is -2.92. The molecule has 0 amide bonds. The summed E-state index contributed by atoms with van der Waals surface area (Å²) in [6, 6.07) is 0. The summed E-state index contributed by atoms with van der Waals surface area (Å²) >= 11 is 0. The smallest absolute Gasteiger partial charge is 0.363 e. The van der Waals surface area contributed by atoms with E-state index in [1.807, 2.05) is 5.32 Å². The maximum absolute atomic E-state index is 12.7. The number of hydrogen-bond donors (Lipinski definition) is 2. The van der Waals surface area contributed by atoms with Crippen LogP contribution < -0.4 is 5.32 Å². The molecule has 0 aromatic carbocycles. The lowest BCUT2D eigenvalue weighted by atomic mass is 9.90. The summed E-state index contributed by atoms with van der Waals surface area (Å²) in [4.78, 5) is 3.88. The number of ether oxygens (including phenoxy) is 1. The van der Waals surface area contributed by atoms with Crippen molar-refractivity contribution in [2.75, 3.05) is 6.61 Å². The number of halogens is 3. The highest BCUT2D eigenvalue weighted by Gasteiger charge is 2.63. The van der Waals surface area contributed by atoms with Gasteiger partial charge in [-0.2, -0.15) is 13.2 Å². The summed E-state index contributed by atoms with van der Waals surface area (Å²) in [6.45, 7) is 1.56. The highest BCUT2D eigenvalue weighted by molar-refractivity contribution is 5.81.